The minimum atomic E-state index is 0.177. The molecule has 1 atom stereocenters. The lowest BCUT2D eigenvalue weighted by Crippen LogP contribution is -2.36. The minimum absolute atomic E-state index is 0.177. The predicted octanol–water partition coefficient (Wildman–Crippen LogP) is 2.31. The van der Waals surface area contributed by atoms with E-state index in [4.69, 9.17) is 4.74 Å². The zero-order valence-corrected chi connectivity index (χ0v) is 11.9. The normalized spacial score (nSPS) is 13.8. The second kappa shape index (κ2) is 5.54. The molecule has 0 radical (unpaired) electrons. The van der Waals surface area contributed by atoms with Gasteiger partial charge in [-0.05, 0) is 33.7 Å². The number of ether oxygens (including phenoxy) is 1. The first-order chi connectivity index (χ1) is 7.85. The molecule has 1 rings (SSSR count). The summed E-state index contributed by atoms with van der Waals surface area (Å²) in [5.41, 5.74) is 1.35. The van der Waals surface area contributed by atoms with Gasteiger partial charge in [0, 0.05) is 18.5 Å². The molecule has 0 bridgehead atoms. The third-order valence-corrected chi connectivity index (χ3v) is 2.87. The van der Waals surface area contributed by atoms with Gasteiger partial charge in [-0.2, -0.15) is 5.10 Å². The summed E-state index contributed by atoms with van der Waals surface area (Å²) in [4.78, 5) is 0. The molecule has 1 unspecified atom stereocenters. The van der Waals surface area contributed by atoms with Gasteiger partial charge in [0.15, 0.2) is 5.75 Å². The Morgan fingerprint density at radius 3 is 2.65 bits per heavy atom. The summed E-state index contributed by atoms with van der Waals surface area (Å²) in [6.07, 6.45) is 2.86. The van der Waals surface area contributed by atoms with Crippen molar-refractivity contribution < 1.29 is 4.74 Å². The van der Waals surface area contributed by atoms with Gasteiger partial charge in [-0.3, -0.25) is 4.68 Å². The Bertz CT molecular complexity index is 352. The van der Waals surface area contributed by atoms with Gasteiger partial charge in [0.1, 0.15) is 0 Å². The highest BCUT2D eigenvalue weighted by molar-refractivity contribution is 5.28. The first-order valence-electron chi connectivity index (χ1n) is 6.16. The molecule has 1 N–H and O–H groups in total. The van der Waals surface area contributed by atoms with Crippen LogP contribution in [0.15, 0.2) is 6.20 Å². The smallest absolute Gasteiger partial charge is 0.160 e. The molecule has 0 aliphatic carbocycles. The summed E-state index contributed by atoms with van der Waals surface area (Å²) in [6.45, 7) is 9.76. The maximum atomic E-state index is 5.33. The van der Waals surface area contributed by atoms with Gasteiger partial charge in [-0.25, -0.2) is 0 Å². The van der Waals surface area contributed by atoms with Gasteiger partial charge in [0.25, 0.3) is 0 Å². The second-order valence-corrected chi connectivity index (χ2v) is 5.59. The molecule has 1 aromatic heterocycles. The lowest BCUT2D eigenvalue weighted by atomic mass is 10.0. The Kier molecular flexibility index (Phi) is 4.57. The van der Waals surface area contributed by atoms with Crippen molar-refractivity contribution in [2.45, 2.75) is 45.6 Å². The SMILES string of the molecule is COc1cnn(C)c1C(C)CCNC(C)(C)C. The summed E-state index contributed by atoms with van der Waals surface area (Å²) < 4.78 is 7.23. The molecule has 0 amide bonds. The van der Waals surface area contributed by atoms with Crippen molar-refractivity contribution in [3.05, 3.63) is 11.9 Å². The molecular weight excluding hydrogens is 214 g/mol. The van der Waals surface area contributed by atoms with Crippen LogP contribution in [-0.4, -0.2) is 29.0 Å². The van der Waals surface area contributed by atoms with Crippen molar-refractivity contribution in [1.82, 2.24) is 15.1 Å². The molecule has 1 heterocycles. The summed E-state index contributed by atoms with van der Waals surface area (Å²) in [7, 11) is 3.66. The monoisotopic (exact) mass is 239 g/mol. The van der Waals surface area contributed by atoms with E-state index in [1.807, 2.05) is 11.7 Å². The van der Waals surface area contributed by atoms with E-state index in [1.54, 1.807) is 13.3 Å². The van der Waals surface area contributed by atoms with Crippen molar-refractivity contribution in [3.63, 3.8) is 0 Å². The van der Waals surface area contributed by atoms with Gasteiger partial charge < -0.3 is 10.1 Å². The van der Waals surface area contributed by atoms with Crippen LogP contribution in [0, 0.1) is 0 Å². The van der Waals surface area contributed by atoms with E-state index in [1.165, 1.54) is 5.69 Å². The van der Waals surface area contributed by atoms with Crippen LogP contribution >= 0.6 is 0 Å². The molecule has 0 saturated carbocycles. The van der Waals surface area contributed by atoms with Crippen LogP contribution in [0.2, 0.25) is 0 Å². The topological polar surface area (TPSA) is 39.1 Å². The van der Waals surface area contributed by atoms with Crippen LogP contribution in [-0.2, 0) is 7.05 Å². The van der Waals surface area contributed by atoms with E-state index in [9.17, 15) is 0 Å². The van der Waals surface area contributed by atoms with Gasteiger partial charge in [-0.1, -0.05) is 6.92 Å². The van der Waals surface area contributed by atoms with Gasteiger partial charge in [-0.15, -0.1) is 0 Å². The number of aromatic nitrogens is 2. The molecule has 0 aliphatic rings. The van der Waals surface area contributed by atoms with Crippen molar-refractivity contribution in [2.75, 3.05) is 13.7 Å². The quantitative estimate of drug-likeness (QED) is 0.857. The van der Waals surface area contributed by atoms with Gasteiger partial charge in [0.05, 0.1) is 19.0 Å². The van der Waals surface area contributed by atoms with Crippen molar-refractivity contribution in [1.29, 1.82) is 0 Å². The fourth-order valence-electron chi connectivity index (χ4n) is 1.95. The molecule has 0 saturated heterocycles. The number of aryl methyl sites for hydroxylation is 1. The van der Waals surface area contributed by atoms with Crippen LogP contribution in [0.5, 0.6) is 5.75 Å². The van der Waals surface area contributed by atoms with Gasteiger partial charge >= 0.3 is 0 Å². The fourth-order valence-corrected chi connectivity index (χ4v) is 1.95. The summed E-state index contributed by atoms with van der Waals surface area (Å²) in [5, 5.41) is 7.74. The van der Waals surface area contributed by atoms with Crippen LogP contribution in [0.1, 0.15) is 45.7 Å². The average molecular weight is 239 g/mol. The van der Waals surface area contributed by atoms with E-state index in [2.05, 4.69) is 38.1 Å². The third-order valence-electron chi connectivity index (χ3n) is 2.87. The highest BCUT2D eigenvalue weighted by atomic mass is 16.5. The maximum absolute atomic E-state index is 5.33. The summed E-state index contributed by atoms with van der Waals surface area (Å²) in [6, 6.07) is 0. The minimum Gasteiger partial charge on any atom is -0.493 e. The highest BCUT2D eigenvalue weighted by Gasteiger charge is 2.17. The lowest BCUT2D eigenvalue weighted by Gasteiger charge is -2.22. The number of hydrogen-bond donors (Lipinski definition) is 1. The molecule has 1 aromatic rings. The van der Waals surface area contributed by atoms with E-state index in [-0.39, 0.29) is 5.54 Å². The van der Waals surface area contributed by atoms with E-state index in [0.29, 0.717) is 5.92 Å². The molecule has 4 heteroatoms. The van der Waals surface area contributed by atoms with E-state index in [0.717, 1.165) is 18.7 Å². The third kappa shape index (κ3) is 4.04. The predicted molar refractivity (Wildman–Crippen MR) is 70.5 cm³/mol. The number of methoxy groups -OCH3 is 1. The molecule has 0 spiro atoms. The Morgan fingerprint density at radius 2 is 2.12 bits per heavy atom. The van der Waals surface area contributed by atoms with Crippen molar-refractivity contribution >= 4 is 0 Å². The average Bonchev–Trinajstić information content (AvgIpc) is 2.57. The molecule has 0 aromatic carbocycles. The molecule has 0 fully saturated rings. The number of nitrogens with zero attached hydrogens (tertiary/aromatic N) is 2. The Balaban J connectivity index is 2.57. The Morgan fingerprint density at radius 1 is 1.47 bits per heavy atom. The Labute approximate surface area is 104 Å². The molecule has 0 aliphatic heterocycles. The highest BCUT2D eigenvalue weighted by Crippen LogP contribution is 2.27. The van der Waals surface area contributed by atoms with Crippen LogP contribution in [0.3, 0.4) is 0 Å². The fraction of sp³-hybridized carbons (Fsp3) is 0.769. The largest absolute Gasteiger partial charge is 0.493 e. The number of rotatable bonds is 5. The second-order valence-electron chi connectivity index (χ2n) is 5.59. The maximum Gasteiger partial charge on any atom is 0.160 e. The first-order valence-corrected chi connectivity index (χ1v) is 6.16. The summed E-state index contributed by atoms with van der Waals surface area (Å²) in [5.74, 6) is 1.32. The zero-order valence-electron chi connectivity index (χ0n) is 11.9. The Hall–Kier alpha value is -1.03. The molecular formula is C13H25N3O. The molecule has 4 nitrogen and oxygen atoms in total. The van der Waals surface area contributed by atoms with Crippen LogP contribution < -0.4 is 10.1 Å². The van der Waals surface area contributed by atoms with Crippen LogP contribution in [0.4, 0.5) is 0 Å². The van der Waals surface area contributed by atoms with Crippen molar-refractivity contribution in [2.24, 2.45) is 7.05 Å². The zero-order chi connectivity index (χ0) is 13.1. The standard InChI is InChI=1S/C13H25N3O/c1-10(7-8-14-13(2,3)4)12-11(17-6)9-15-16(12)5/h9-10,14H,7-8H2,1-6H3. The van der Waals surface area contributed by atoms with E-state index < -0.39 is 0 Å². The first kappa shape index (κ1) is 14.0. The van der Waals surface area contributed by atoms with Crippen molar-refractivity contribution in [3.8, 4) is 5.75 Å². The number of hydrogen-bond acceptors (Lipinski definition) is 3. The molecule has 98 valence electrons. The molecule has 17 heavy (non-hydrogen) atoms. The van der Waals surface area contributed by atoms with Crippen LogP contribution in [0.25, 0.3) is 0 Å². The summed E-state index contributed by atoms with van der Waals surface area (Å²) >= 11 is 0. The number of nitrogens with one attached hydrogen (secondary N) is 1. The lowest BCUT2D eigenvalue weighted by molar-refractivity contribution is 0.391. The van der Waals surface area contributed by atoms with E-state index >= 15 is 0 Å². The van der Waals surface area contributed by atoms with Gasteiger partial charge in [0.2, 0.25) is 0 Å².